The summed E-state index contributed by atoms with van der Waals surface area (Å²) in [6.07, 6.45) is 1.81. The largest absolute Gasteiger partial charge is 0.343 e. The molecule has 9 nitrogen and oxygen atoms in total. The minimum atomic E-state index is -1.13. The Morgan fingerprint density at radius 3 is 2.10 bits per heavy atom. The van der Waals surface area contributed by atoms with Gasteiger partial charge in [-0.2, -0.15) is 0 Å². The molecular formula is C32H43N5O4. The Balaban J connectivity index is 1.69. The summed E-state index contributed by atoms with van der Waals surface area (Å²) in [6, 6.07) is 17.7. The highest BCUT2D eigenvalue weighted by Crippen LogP contribution is 2.36. The van der Waals surface area contributed by atoms with Crippen molar-refractivity contribution in [3.8, 4) is 0 Å². The van der Waals surface area contributed by atoms with Crippen molar-refractivity contribution in [2.75, 3.05) is 26.7 Å². The zero-order chi connectivity index (χ0) is 29.6. The zero-order valence-corrected chi connectivity index (χ0v) is 24.6. The van der Waals surface area contributed by atoms with E-state index in [-0.39, 0.29) is 36.1 Å². The summed E-state index contributed by atoms with van der Waals surface area (Å²) in [5.74, 6) is -0.841. The first-order chi connectivity index (χ1) is 19.7. The van der Waals surface area contributed by atoms with E-state index < -0.39 is 23.7 Å². The number of nitrogens with one attached hydrogen (secondary N) is 3. The summed E-state index contributed by atoms with van der Waals surface area (Å²) < 4.78 is 0. The molecule has 2 aromatic rings. The Labute approximate surface area is 243 Å². The summed E-state index contributed by atoms with van der Waals surface area (Å²) in [5, 5.41) is 9.04. The van der Waals surface area contributed by atoms with Crippen molar-refractivity contribution in [2.45, 2.75) is 70.1 Å². The average molecular weight is 562 g/mol. The standard InChI is InChI=1S/C32H43N5O4/c1-22(2)20-27(38)36-19-17-32(16-11-18-37(32)30(40)26(21-36)34-29(39)23(3)33-4)31(41)35-28(24-12-7-5-8-13-24)25-14-9-6-10-15-25/h5-10,12-15,22-23,26,28,33H,11,16-21H2,1-4H3,(H,34,39)(H,35,41)/t23-,26+,32+/m0/s1. The van der Waals surface area contributed by atoms with Crippen LogP contribution in [0, 0.1) is 5.92 Å². The van der Waals surface area contributed by atoms with Gasteiger partial charge >= 0.3 is 0 Å². The van der Waals surface area contributed by atoms with Crippen molar-refractivity contribution in [3.63, 3.8) is 0 Å². The van der Waals surface area contributed by atoms with Gasteiger partial charge in [0.25, 0.3) is 0 Å². The normalized spacial score (nSPS) is 21.7. The van der Waals surface area contributed by atoms with Gasteiger partial charge in [-0.3, -0.25) is 19.2 Å². The topological polar surface area (TPSA) is 111 Å². The molecule has 0 saturated carbocycles. The van der Waals surface area contributed by atoms with E-state index in [1.54, 1.807) is 23.8 Å². The van der Waals surface area contributed by atoms with Crippen LogP contribution in [0.5, 0.6) is 0 Å². The molecule has 2 fully saturated rings. The molecule has 2 aliphatic rings. The number of amides is 4. The Morgan fingerprint density at radius 2 is 1.54 bits per heavy atom. The molecule has 9 heteroatoms. The lowest BCUT2D eigenvalue weighted by atomic mass is 9.87. The number of carbonyl (C=O) groups excluding carboxylic acids is 4. The van der Waals surface area contributed by atoms with Crippen LogP contribution in [-0.4, -0.2) is 77.7 Å². The molecule has 3 atom stereocenters. The summed E-state index contributed by atoms with van der Waals surface area (Å²) >= 11 is 0. The van der Waals surface area contributed by atoms with Crippen molar-refractivity contribution in [1.29, 1.82) is 0 Å². The van der Waals surface area contributed by atoms with Crippen molar-refractivity contribution in [1.82, 2.24) is 25.8 Å². The van der Waals surface area contributed by atoms with Crippen LogP contribution in [0.25, 0.3) is 0 Å². The molecule has 220 valence electrons. The third-order valence-corrected chi connectivity index (χ3v) is 8.29. The van der Waals surface area contributed by atoms with Crippen LogP contribution in [0.2, 0.25) is 0 Å². The van der Waals surface area contributed by atoms with Gasteiger partial charge in [-0.05, 0) is 50.3 Å². The monoisotopic (exact) mass is 561 g/mol. The van der Waals surface area contributed by atoms with Crippen molar-refractivity contribution >= 4 is 23.6 Å². The van der Waals surface area contributed by atoms with E-state index in [0.29, 0.717) is 38.8 Å². The van der Waals surface area contributed by atoms with Crippen LogP contribution in [0.1, 0.15) is 63.6 Å². The molecule has 4 amide bonds. The lowest BCUT2D eigenvalue weighted by molar-refractivity contribution is -0.152. The predicted molar refractivity (Wildman–Crippen MR) is 158 cm³/mol. The van der Waals surface area contributed by atoms with Crippen molar-refractivity contribution < 1.29 is 19.2 Å². The van der Waals surface area contributed by atoms with Gasteiger partial charge < -0.3 is 25.8 Å². The molecule has 2 heterocycles. The third-order valence-electron chi connectivity index (χ3n) is 8.29. The fourth-order valence-electron chi connectivity index (χ4n) is 5.86. The summed E-state index contributed by atoms with van der Waals surface area (Å²) in [5.41, 5.74) is 0.739. The molecule has 2 aliphatic heterocycles. The zero-order valence-electron chi connectivity index (χ0n) is 24.6. The molecule has 0 bridgehead atoms. The molecule has 3 N–H and O–H groups in total. The van der Waals surface area contributed by atoms with Crippen molar-refractivity contribution in [3.05, 3.63) is 71.8 Å². The highest BCUT2D eigenvalue weighted by molar-refractivity contribution is 5.96. The van der Waals surface area contributed by atoms with E-state index in [4.69, 9.17) is 0 Å². The molecule has 2 saturated heterocycles. The van der Waals surface area contributed by atoms with E-state index in [9.17, 15) is 19.2 Å². The average Bonchev–Trinajstić information content (AvgIpc) is 3.40. The summed E-state index contributed by atoms with van der Waals surface area (Å²) in [4.78, 5) is 58.0. The SMILES string of the molecule is CN[C@@H](C)C(=O)N[C@@H]1CN(C(=O)CC(C)C)CC[C@@]2(C(=O)NC(c3ccccc3)c3ccccc3)CCCN2C1=O. The van der Waals surface area contributed by atoms with E-state index in [0.717, 1.165) is 11.1 Å². The lowest BCUT2D eigenvalue weighted by Crippen LogP contribution is -2.66. The van der Waals surface area contributed by atoms with Crippen LogP contribution in [0.4, 0.5) is 0 Å². The molecule has 2 aromatic carbocycles. The highest BCUT2D eigenvalue weighted by Gasteiger charge is 2.53. The van der Waals surface area contributed by atoms with E-state index in [1.165, 1.54) is 0 Å². The first kappa shape index (κ1) is 30.2. The van der Waals surface area contributed by atoms with Gasteiger partial charge in [-0.15, -0.1) is 0 Å². The molecule has 0 unspecified atom stereocenters. The van der Waals surface area contributed by atoms with Crippen molar-refractivity contribution in [2.24, 2.45) is 5.92 Å². The summed E-state index contributed by atoms with van der Waals surface area (Å²) in [7, 11) is 1.67. The van der Waals surface area contributed by atoms with Crippen LogP contribution in [0.3, 0.4) is 0 Å². The van der Waals surface area contributed by atoms with Gasteiger partial charge in [0.05, 0.1) is 12.1 Å². The van der Waals surface area contributed by atoms with Crippen LogP contribution in [0.15, 0.2) is 60.7 Å². The summed E-state index contributed by atoms with van der Waals surface area (Å²) in [6.45, 7) is 6.48. The van der Waals surface area contributed by atoms with E-state index in [1.807, 2.05) is 74.5 Å². The number of benzene rings is 2. The highest BCUT2D eigenvalue weighted by atomic mass is 16.2. The Morgan fingerprint density at radius 1 is 0.927 bits per heavy atom. The fraction of sp³-hybridized carbons (Fsp3) is 0.500. The first-order valence-electron chi connectivity index (χ1n) is 14.6. The van der Waals surface area contributed by atoms with E-state index in [2.05, 4.69) is 16.0 Å². The maximum atomic E-state index is 14.4. The third kappa shape index (κ3) is 6.78. The number of nitrogens with zero attached hydrogens (tertiary/aromatic N) is 2. The van der Waals surface area contributed by atoms with E-state index >= 15 is 0 Å². The van der Waals surface area contributed by atoms with Gasteiger partial charge in [-0.1, -0.05) is 74.5 Å². The number of fused-ring (bicyclic) bond motifs is 1. The molecule has 0 aromatic heterocycles. The number of likely N-dealkylation sites (N-methyl/N-ethyl adjacent to an activating group) is 1. The number of hydrogen-bond donors (Lipinski definition) is 3. The Kier molecular flexibility index (Phi) is 9.81. The van der Waals surface area contributed by atoms with Gasteiger partial charge in [0.1, 0.15) is 11.6 Å². The Hall–Kier alpha value is -3.72. The maximum absolute atomic E-state index is 14.4. The fourth-order valence-corrected chi connectivity index (χ4v) is 5.86. The van der Waals surface area contributed by atoms with Crippen LogP contribution < -0.4 is 16.0 Å². The Bertz CT molecular complexity index is 1180. The number of carbonyl (C=O) groups is 4. The first-order valence-corrected chi connectivity index (χ1v) is 14.6. The molecular weight excluding hydrogens is 518 g/mol. The predicted octanol–water partition coefficient (Wildman–Crippen LogP) is 2.62. The van der Waals surface area contributed by atoms with Gasteiger partial charge in [0.15, 0.2) is 0 Å². The number of rotatable bonds is 9. The molecule has 0 aliphatic carbocycles. The number of hydrogen-bond acceptors (Lipinski definition) is 5. The molecule has 0 spiro atoms. The smallest absolute Gasteiger partial charge is 0.247 e. The van der Waals surface area contributed by atoms with Crippen LogP contribution >= 0.6 is 0 Å². The second kappa shape index (κ2) is 13.3. The maximum Gasteiger partial charge on any atom is 0.247 e. The van der Waals surface area contributed by atoms with Gasteiger partial charge in [0, 0.05) is 26.1 Å². The lowest BCUT2D eigenvalue weighted by Gasteiger charge is -2.44. The van der Waals surface area contributed by atoms with Gasteiger partial charge in [-0.25, -0.2) is 0 Å². The second-order valence-electron chi connectivity index (χ2n) is 11.6. The van der Waals surface area contributed by atoms with Gasteiger partial charge in [0.2, 0.25) is 23.6 Å². The second-order valence-corrected chi connectivity index (χ2v) is 11.6. The minimum Gasteiger partial charge on any atom is -0.343 e. The molecule has 41 heavy (non-hydrogen) atoms. The van der Waals surface area contributed by atoms with Crippen LogP contribution in [-0.2, 0) is 19.2 Å². The minimum absolute atomic E-state index is 0.0808. The molecule has 0 radical (unpaired) electrons. The molecule has 4 rings (SSSR count). The quantitative estimate of drug-likeness (QED) is 0.436.